The molecule has 6 rings (SSSR count). The van der Waals surface area contributed by atoms with Crippen molar-refractivity contribution in [3.63, 3.8) is 0 Å². The topological polar surface area (TPSA) is 64.7 Å². The van der Waals surface area contributed by atoms with E-state index in [1.54, 1.807) is 0 Å². The van der Waals surface area contributed by atoms with Gasteiger partial charge < -0.3 is 0 Å². The Morgan fingerprint density at radius 2 is 1.52 bits per heavy atom. The molecule has 2 atom stereocenters. The van der Waals surface area contributed by atoms with E-state index in [4.69, 9.17) is 0 Å². The van der Waals surface area contributed by atoms with Gasteiger partial charge in [-0.1, -0.05) is 42.5 Å². The number of ketones is 1. The summed E-state index contributed by atoms with van der Waals surface area (Å²) < 4.78 is 0. The third kappa shape index (κ3) is 2.41. The molecule has 0 amide bonds. The van der Waals surface area contributed by atoms with Crippen LogP contribution in [0.1, 0.15) is 44.1 Å². The van der Waals surface area contributed by atoms with E-state index in [9.17, 15) is 15.3 Å². The largest absolute Gasteiger partial charge is 0.299 e. The van der Waals surface area contributed by atoms with Crippen LogP contribution < -0.4 is 0 Å². The highest BCUT2D eigenvalue weighted by atomic mass is 16.1. The van der Waals surface area contributed by atoms with E-state index in [0.717, 1.165) is 24.8 Å². The zero-order chi connectivity index (χ0) is 18.6. The van der Waals surface area contributed by atoms with E-state index in [-0.39, 0.29) is 17.1 Å². The maximum atomic E-state index is 13.7. The summed E-state index contributed by atoms with van der Waals surface area (Å²) in [6.07, 6.45) is 10.7. The average Bonchev–Trinajstić information content (AvgIpc) is 3.33. The van der Waals surface area contributed by atoms with Crippen molar-refractivity contribution in [2.24, 2.45) is 40.4 Å². The van der Waals surface area contributed by atoms with Gasteiger partial charge in [0.1, 0.15) is 5.78 Å². The van der Waals surface area contributed by atoms with Gasteiger partial charge in [0.15, 0.2) is 5.41 Å². The van der Waals surface area contributed by atoms with Crippen molar-refractivity contribution >= 4 is 11.9 Å². The van der Waals surface area contributed by atoms with E-state index in [0.29, 0.717) is 17.8 Å². The maximum absolute atomic E-state index is 13.7. The molecule has 5 aliphatic rings. The van der Waals surface area contributed by atoms with Crippen LogP contribution in [0.4, 0.5) is 0 Å². The van der Waals surface area contributed by atoms with Crippen LogP contribution in [0.3, 0.4) is 0 Å². The SMILES string of the molecule is N#CC1(C#N)[C@@H](/C=C/c2ccccc2)[C@@H]1C(=O)C12CC3CC(CC(C3)C1)C2. The van der Waals surface area contributed by atoms with Gasteiger partial charge in [-0.2, -0.15) is 10.5 Å². The van der Waals surface area contributed by atoms with Crippen molar-refractivity contribution in [1.82, 2.24) is 0 Å². The van der Waals surface area contributed by atoms with E-state index in [1.807, 2.05) is 42.5 Å². The smallest absolute Gasteiger partial charge is 0.161 e. The molecule has 1 aromatic rings. The lowest BCUT2D eigenvalue weighted by Crippen LogP contribution is -2.50. The molecular formula is C24H24N2O. The van der Waals surface area contributed by atoms with Crippen LogP contribution >= 0.6 is 0 Å². The van der Waals surface area contributed by atoms with E-state index in [1.165, 1.54) is 19.3 Å². The minimum atomic E-state index is -1.16. The quantitative estimate of drug-likeness (QED) is 0.781. The Morgan fingerprint density at radius 3 is 2.04 bits per heavy atom. The van der Waals surface area contributed by atoms with Gasteiger partial charge in [0, 0.05) is 11.3 Å². The molecule has 4 bridgehead atoms. The monoisotopic (exact) mass is 356 g/mol. The molecule has 0 saturated heterocycles. The first kappa shape index (κ1) is 16.8. The van der Waals surface area contributed by atoms with E-state index < -0.39 is 11.3 Å². The molecule has 27 heavy (non-hydrogen) atoms. The highest BCUT2D eigenvalue weighted by Gasteiger charge is 2.72. The Hall–Kier alpha value is -2.39. The van der Waals surface area contributed by atoms with Gasteiger partial charge in [-0.05, 0) is 61.8 Å². The van der Waals surface area contributed by atoms with Crippen molar-refractivity contribution in [1.29, 1.82) is 10.5 Å². The minimum Gasteiger partial charge on any atom is -0.299 e. The highest BCUT2D eigenvalue weighted by Crippen LogP contribution is 2.67. The molecule has 5 fully saturated rings. The third-order valence-corrected chi connectivity index (χ3v) is 7.78. The molecule has 0 heterocycles. The Morgan fingerprint density at radius 1 is 0.963 bits per heavy atom. The van der Waals surface area contributed by atoms with Gasteiger partial charge in [-0.15, -0.1) is 0 Å². The number of Topliss-reactive ketones (excluding diaryl/α,β-unsaturated/α-hetero) is 1. The number of carbonyl (C=O) groups excluding carboxylic acids is 1. The van der Waals surface area contributed by atoms with Crippen molar-refractivity contribution in [2.75, 3.05) is 0 Å². The van der Waals surface area contributed by atoms with Gasteiger partial charge in [-0.25, -0.2) is 0 Å². The van der Waals surface area contributed by atoms with Crippen molar-refractivity contribution in [3.8, 4) is 12.1 Å². The van der Waals surface area contributed by atoms with Crippen molar-refractivity contribution in [2.45, 2.75) is 38.5 Å². The molecule has 5 saturated carbocycles. The Labute approximate surface area is 160 Å². The average molecular weight is 356 g/mol. The number of nitriles is 2. The second-order valence-electron chi connectivity index (χ2n) is 9.43. The highest BCUT2D eigenvalue weighted by molar-refractivity contribution is 5.93. The molecular weight excluding hydrogens is 332 g/mol. The number of carbonyl (C=O) groups is 1. The summed E-state index contributed by atoms with van der Waals surface area (Å²) in [6, 6.07) is 14.3. The van der Waals surface area contributed by atoms with Gasteiger partial charge in [-0.3, -0.25) is 4.79 Å². The summed E-state index contributed by atoms with van der Waals surface area (Å²) in [6.45, 7) is 0. The lowest BCUT2D eigenvalue weighted by Gasteiger charge is -2.56. The lowest BCUT2D eigenvalue weighted by atomic mass is 9.48. The Kier molecular flexibility index (Phi) is 3.60. The number of benzene rings is 1. The molecule has 136 valence electrons. The second kappa shape index (κ2) is 5.80. The Balaban J connectivity index is 1.43. The van der Waals surface area contributed by atoms with Crippen LogP contribution in [0.15, 0.2) is 36.4 Å². The molecule has 0 aromatic heterocycles. The molecule has 0 N–H and O–H groups in total. The van der Waals surface area contributed by atoms with Gasteiger partial charge in [0.2, 0.25) is 0 Å². The summed E-state index contributed by atoms with van der Waals surface area (Å²) in [5.41, 5.74) is -0.366. The van der Waals surface area contributed by atoms with Gasteiger partial charge in [0.25, 0.3) is 0 Å². The number of hydrogen-bond acceptors (Lipinski definition) is 3. The van der Waals surface area contributed by atoms with Crippen LogP contribution in [0.25, 0.3) is 6.08 Å². The van der Waals surface area contributed by atoms with Crippen LogP contribution in [0.2, 0.25) is 0 Å². The van der Waals surface area contributed by atoms with Gasteiger partial charge in [0.05, 0.1) is 18.1 Å². The second-order valence-corrected chi connectivity index (χ2v) is 9.43. The maximum Gasteiger partial charge on any atom is 0.161 e. The van der Waals surface area contributed by atoms with Crippen LogP contribution in [0.5, 0.6) is 0 Å². The predicted octanol–water partition coefficient (Wildman–Crippen LogP) is 4.76. The summed E-state index contributed by atoms with van der Waals surface area (Å²) >= 11 is 0. The number of nitrogens with zero attached hydrogens (tertiary/aromatic N) is 2. The summed E-state index contributed by atoms with van der Waals surface area (Å²) in [7, 11) is 0. The fourth-order valence-corrected chi connectivity index (χ4v) is 6.88. The third-order valence-electron chi connectivity index (χ3n) is 7.78. The molecule has 5 aliphatic carbocycles. The first-order chi connectivity index (χ1) is 13.1. The fraction of sp³-hybridized carbons (Fsp3) is 0.542. The van der Waals surface area contributed by atoms with Crippen molar-refractivity contribution < 1.29 is 4.79 Å². The van der Waals surface area contributed by atoms with E-state index >= 15 is 0 Å². The predicted molar refractivity (Wildman–Crippen MR) is 102 cm³/mol. The van der Waals surface area contributed by atoms with Crippen molar-refractivity contribution in [3.05, 3.63) is 42.0 Å². The van der Waals surface area contributed by atoms with Crippen LogP contribution in [-0.2, 0) is 4.79 Å². The van der Waals surface area contributed by atoms with Gasteiger partial charge >= 0.3 is 0 Å². The summed E-state index contributed by atoms with van der Waals surface area (Å²) in [5.74, 6) is 1.59. The minimum absolute atomic E-state index is 0.229. The molecule has 1 aromatic carbocycles. The van der Waals surface area contributed by atoms with Crippen LogP contribution in [0, 0.1) is 63.1 Å². The number of hydrogen-bond donors (Lipinski definition) is 0. The molecule has 0 spiro atoms. The molecule has 0 radical (unpaired) electrons. The molecule has 3 heteroatoms. The Bertz CT molecular complexity index is 836. The summed E-state index contributed by atoms with van der Waals surface area (Å²) in [4.78, 5) is 13.7. The zero-order valence-electron chi connectivity index (χ0n) is 15.5. The van der Waals surface area contributed by atoms with Crippen LogP contribution in [-0.4, -0.2) is 5.78 Å². The molecule has 0 unspecified atom stereocenters. The summed E-state index contributed by atoms with van der Waals surface area (Å²) in [5, 5.41) is 19.5. The first-order valence-electron chi connectivity index (χ1n) is 10.2. The number of allylic oxidation sites excluding steroid dienone is 1. The first-order valence-corrected chi connectivity index (χ1v) is 10.2. The standard InChI is InChI=1S/C24H24N2O/c25-14-24(15-26)20(7-6-16-4-2-1-3-5-16)21(24)22(27)23-11-17-8-18(12-23)10-19(9-17)13-23/h1-7,17-21H,8-13H2/b7-6+/t17?,18?,19?,20-,21+,23?/m0/s1. The van der Waals surface area contributed by atoms with E-state index in [2.05, 4.69) is 12.1 Å². The number of rotatable bonds is 4. The lowest BCUT2D eigenvalue weighted by molar-refractivity contribution is -0.145. The molecule has 3 nitrogen and oxygen atoms in total. The fourth-order valence-electron chi connectivity index (χ4n) is 6.88. The zero-order valence-corrected chi connectivity index (χ0v) is 15.5. The molecule has 0 aliphatic heterocycles. The normalized spacial score (nSPS) is 40.4.